The van der Waals surface area contributed by atoms with Crippen molar-refractivity contribution in [1.29, 1.82) is 0 Å². The van der Waals surface area contributed by atoms with Gasteiger partial charge in [0, 0.05) is 17.5 Å². The van der Waals surface area contributed by atoms with E-state index in [-0.39, 0.29) is 5.91 Å². The molecular weight excluding hydrogens is 230 g/mol. The number of nitrogens with one attached hydrogen (secondary N) is 1. The number of hydrogen-bond acceptors (Lipinski definition) is 3. The van der Waals surface area contributed by atoms with Gasteiger partial charge in [-0.15, -0.1) is 0 Å². The second kappa shape index (κ2) is 5.76. The Bertz CT molecular complexity index is 422. The van der Waals surface area contributed by atoms with E-state index in [1.165, 1.54) is 0 Å². The molecule has 4 nitrogen and oxygen atoms in total. The highest BCUT2D eigenvalue weighted by atomic mass is 16.5. The Morgan fingerprint density at radius 2 is 1.89 bits per heavy atom. The van der Waals surface area contributed by atoms with Gasteiger partial charge in [0.1, 0.15) is 0 Å². The Morgan fingerprint density at radius 1 is 1.22 bits per heavy atom. The van der Waals surface area contributed by atoms with Gasteiger partial charge in [-0.1, -0.05) is 32.9 Å². The second-order valence-electron chi connectivity index (χ2n) is 5.09. The summed E-state index contributed by atoms with van der Waals surface area (Å²) in [5.41, 5.74) is 0.501. The minimum Gasteiger partial charge on any atom is -0.493 e. The molecule has 0 aliphatic carbocycles. The van der Waals surface area contributed by atoms with Crippen molar-refractivity contribution in [2.24, 2.45) is 5.41 Å². The zero-order valence-electron chi connectivity index (χ0n) is 11.7. The van der Waals surface area contributed by atoms with Crippen molar-refractivity contribution in [3.05, 3.63) is 23.8 Å². The molecule has 1 aromatic carbocycles. The van der Waals surface area contributed by atoms with Gasteiger partial charge in [-0.05, 0) is 6.07 Å². The molecule has 1 aromatic rings. The number of amides is 1. The quantitative estimate of drug-likeness (QED) is 0.893. The van der Waals surface area contributed by atoms with Crippen LogP contribution in [0.5, 0.6) is 11.5 Å². The second-order valence-corrected chi connectivity index (χ2v) is 5.09. The molecule has 0 saturated carbocycles. The Balaban J connectivity index is 2.82. The molecule has 0 aromatic heterocycles. The third kappa shape index (κ3) is 3.39. The van der Waals surface area contributed by atoms with Crippen LogP contribution in [0.3, 0.4) is 0 Å². The predicted octanol–water partition coefficient (Wildman–Crippen LogP) is 2.37. The van der Waals surface area contributed by atoms with Gasteiger partial charge >= 0.3 is 0 Å². The van der Waals surface area contributed by atoms with Crippen LogP contribution in [0.2, 0.25) is 0 Å². The summed E-state index contributed by atoms with van der Waals surface area (Å²) in [5, 5.41) is 2.89. The number of carbonyl (C=O) groups excluding carboxylic acids is 1. The zero-order chi connectivity index (χ0) is 13.8. The standard InChI is InChI=1S/C14H21NO3/c1-14(2,3)13(16)15-9-10-7-6-8-11(17-4)12(10)18-5/h6-8H,9H2,1-5H3,(H,15,16). The van der Waals surface area contributed by atoms with E-state index in [1.54, 1.807) is 14.2 Å². The van der Waals surface area contributed by atoms with Crippen molar-refractivity contribution in [3.8, 4) is 11.5 Å². The summed E-state index contributed by atoms with van der Waals surface area (Å²) < 4.78 is 10.5. The molecule has 0 aliphatic rings. The van der Waals surface area contributed by atoms with Crippen molar-refractivity contribution >= 4 is 5.91 Å². The number of para-hydroxylation sites is 1. The van der Waals surface area contributed by atoms with Crippen molar-refractivity contribution < 1.29 is 14.3 Å². The molecule has 0 bridgehead atoms. The highest BCUT2D eigenvalue weighted by Gasteiger charge is 2.21. The third-order valence-electron chi connectivity index (χ3n) is 2.61. The summed E-state index contributed by atoms with van der Waals surface area (Å²) in [5.74, 6) is 1.33. The summed E-state index contributed by atoms with van der Waals surface area (Å²) in [4.78, 5) is 11.8. The van der Waals surface area contributed by atoms with Gasteiger partial charge < -0.3 is 14.8 Å². The molecule has 100 valence electrons. The monoisotopic (exact) mass is 251 g/mol. The maximum atomic E-state index is 11.8. The molecule has 1 rings (SSSR count). The number of benzene rings is 1. The summed E-state index contributed by atoms with van der Waals surface area (Å²) in [6.45, 7) is 6.07. The van der Waals surface area contributed by atoms with Crippen LogP contribution in [0.15, 0.2) is 18.2 Å². The molecule has 0 heterocycles. The summed E-state index contributed by atoms with van der Waals surface area (Å²) in [7, 11) is 3.18. The maximum Gasteiger partial charge on any atom is 0.225 e. The van der Waals surface area contributed by atoms with E-state index in [2.05, 4.69) is 5.32 Å². The summed E-state index contributed by atoms with van der Waals surface area (Å²) in [6.07, 6.45) is 0. The molecule has 0 fully saturated rings. The largest absolute Gasteiger partial charge is 0.493 e. The first kappa shape index (κ1) is 14.4. The van der Waals surface area contributed by atoms with E-state index in [9.17, 15) is 4.79 Å². The van der Waals surface area contributed by atoms with Gasteiger partial charge in [-0.3, -0.25) is 4.79 Å². The summed E-state index contributed by atoms with van der Waals surface area (Å²) in [6, 6.07) is 5.61. The van der Waals surface area contributed by atoms with Crippen LogP contribution in [0.25, 0.3) is 0 Å². The molecular formula is C14H21NO3. The SMILES string of the molecule is COc1cccc(CNC(=O)C(C)(C)C)c1OC. The Labute approximate surface area is 108 Å². The highest BCUT2D eigenvalue weighted by Crippen LogP contribution is 2.30. The number of carbonyl (C=O) groups is 1. The normalized spacial score (nSPS) is 10.9. The Hall–Kier alpha value is -1.71. The van der Waals surface area contributed by atoms with Crippen LogP contribution in [0, 0.1) is 5.41 Å². The summed E-state index contributed by atoms with van der Waals surface area (Å²) >= 11 is 0. The number of rotatable bonds is 4. The molecule has 0 atom stereocenters. The number of ether oxygens (including phenoxy) is 2. The average Bonchev–Trinajstić information content (AvgIpc) is 2.33. The Morgan fingerprint density at radius 3 is 2.39 bits per heavy atom. The van der Waals surface area contributed by atoms with Crippen LogP contribution in [-0.2, 0) is 11.3 Å². The van der Waals surface area contributed by atoms with E-state index in [0.29, 0.717) is 18.0 Å². The van der Waals surface area contributed by atoms with Gasteiger partial charge in [-0.2, -0.15) is 0 Å². The molecule has 0 saturated heterocycles. The van der Waals surface area contributed by atoms with Gasteiger partial charge in [-0.25, -0.2) is 0 Å². The topological polar surface area (TPSA) is 47.6 Å². The molecule has 0 unspecified atom stereocenters. The lowest BCUT2D eigenvalue weighted by molar-refractivity contribution is -0.128. The minimum absolute atomic E-state index is 0.00683. The smallest absolute Gasteiger partial charge is 0.225 e. The van der Waals surface area contributed by atoms with E-state index in [1.807, 2.05) is 39.0 Å². The molecule has 0 spiro atoms. The lowest BCUT2D eigenvalue weighted by atomic mass is 9.95. The minimum atomic E-state index is -0.397. The average molecular weight is 251 g/mol. The van der Waals surface area contributed by atoms with Crippen LogP contribution in [0.4, 0.5) is 0 Å². The van der Waals surface area contributed by atoms with E-state index in [4.69, 9.17) is 9.47 Å². The number of hydrogen-bond donors (Lipinski definition) is 1. The predicted molar refractivity (Wildman–Crippen MR) is 70.8 cm³/mol. The fraction of sp³-hybridized carbons (Fsp3) is 0.500. The van der Waals surface area contributed by atoms with Gasteiger partial charge in [0.05, 0.1) is 14.2 Å². The third-order valence-corrected chi connectivity index (χ3v) is 2.61. The van der Waals surface area contributed by atoms with Gasteiger partial charge in [0.15, 0.2) is 11.5 Å². The number of methoxy groups -OCH3 is 2. The molecule has 4 heteroatoms. The van der Waals surface area contributed by atoms with Crippen LogP contribution in [0.1, 0.15) is 26.3 Å². The van der Waals surface area contributed by atoms with Gasteiger partial charge in [0.25, 0.3) is 0 Å². The first-order chi connectivity index (χ1) is 8.40. The molecule has 1 amide bonds. The fourth-order valence-electron chi connectivity index (χ4n) is 1.53. The van der Waals surface area contributed by atoms with Crippen LogP contribution >= 0.6 is 0 Å². The molecule has 0 aliphatic heterocycles. The van der Waals surface area contributed by atoms with Crippen molar-refractivity contribution in [3.63, 3.8) is 0 Å². The first-order valence-electron chi connectivity index (χ1n) is 5.88. The van der Waals surface area contributed by atoms with Crippen molar-refractivity contribution in [2.45, 2.75) is 27.3 Å². The maximum absolute atomic E-state index is 11.8. The van der Waals surface area contributed by atoms with Crippen LogP contribution in [-0.4, -0.2) is 20.1 Å². The van der Waals surface area contributed by atoms with E-state index >= 15 is 0 Å². The Kier molecular flexibility index (Phi) is 4.59. The van der Waals surface area contributed by atoms with Crippen molar-refractivity contribution in [2.75, 3.05) is 14.2 Å². The lowest BCUT2D eigenvalue weighted by Gasteiger charge is -2.19. The van der Waals surface area contributed by atoms with E-state index in [0.717, 1.165) is 5.56 Å². The van der Waals surface area contributed by atoms with E-state index < -0.39 is 5.41 Å². The lowest BCUT2D eigenvalue weighted by Crippen LogP contribution is -2.34. The van der Waals surface area contributed by atoms with Crippen molar-refractivity contribution in [1.82, 2.24) is 5.32 Å². The van der Waals surface area contributed by atoms with Crippen LogP contribution < -0.4 is 14.8 Å². The first-order valence-corrected chi connectivity index (χ1v) is 5.88. The zero-order valence-corrected chi connectivity index (χ0v) is 11.7. The molecule has 0 radical (unpaired) electrons. The molecule has 18 heavy (non-hydrogen) atoms. The molecule has 1 N–H and O–H groups in total. The van der Waals surface area contributed by atoms with Gasteiger partial charge in [0.2, 0.25) is 5.91 Å². The highest BCUT2D eigenvalue weighted by molar-refractivity contribution is 5.81. The fourth-order valence-corrected chi connectivity index (χ4v) is 1.53.